The highest BCUT2D eigenvalue weighted by Crippen LogP contribution is 2.31. The second-order valence-corrected chi connectivity index (χ2v) is 7.66. The molecule has 2 rings (SSSR count). The molecule has 0 radical (unpaired) electrons. The van der Waals surface area contributed by atoms with E-state index in [4.69, 9.17) is 0 Å². The Morgan fingerprint density at radius 1 is 1.41 bits per heavy atom. The lowest BCUT2D eigenvalue weighted by molar-refractivity contribution is 0.645. The lowest BCUT2D eigenvalue weighted by Gasteiger charge is -2.21. The zero-order valence-electron chi connectivity index (χ0n) is 10.9. The van der Waals surface area contributed by atoms with Crippen molar-refractivity contribution < 1.29 is 0 Å². The summed E-state index contributed by atoms with van der Waals surface area (Å²) in [5, 5.41) is 6.46. The van der Waals surface area contributed by atoms with Gasteiger partial charge >= 0.3 is 0 Å². The largest absolute Gasteiger partial charge is 0.361 e. The summed E-state index contributed by atoms with van der Waals surface area (Å²) >= 11 is 4.09. The van der Waals surface area contributed by atoms with Gasteiger partial charge in [0.1, 0.15) is 0 Å². The van der Waals surface area contributed by atoms with Crippen LogP contribution < -0.4 is 5.32 Å². The summed E-state index contributed by atoms with van der Waals surface area (Å²) in [6.45, 7) is 5.55. The first-order valence-corrected chi connectivity index (χ1v) is 8.85. The number of nitrogens with one attached hydrogen (secondary N) is 1. The van der Waals surface area contributed by atoms with Gasteiger partial charge in [-0.05, 0) is 25.0 Å². The van der Waals surface area contributed by atoms with Crippen LogP contribution in [0.5, 0.6) is 0 Å². The fraction of sp³-hybridized carbons (Fsp3) is 0.923. The van der Waals surface area contributed by atoms with Crippen LogP contribution >= 0.6 is 23.5 Å². The summed E-state index contributed by atoms with van der Waals surface area (Å²) in [6.07, 6.45) is 6.67. The fourth-order valence-corrected chi connectivity index (χ4v) is 5.02. The van der Waals surface area contributed by atoms with Crippen molar-refractivity contribution in [2.45, 2.75) is 62.5 Å². The lowest BCUT2D eigenvalue weighted by Crippen LogP contribution is -2.37. The number of rotatable bonds is 5. The molecule has 0 aromatic carbocycles. The minimum absolute atomic E-state index is 0.673. The molecular weight excluding hydrogens is 248 g/mol. The Labute approximate surface area is 114 Å². The van der Waals surface area contributed by atoms with Crippen molar-refractivity contribution in [1.29, 1.82) is 0 Å². The molecule has 4 heteroatoms. The molecule has 1 N–H and O–H groups in total. The van der Waals surface area contributed by atoms with E-state index in [1.54, 1.807) is 0 Å². The van der Waals surface area contributed by atoms with Crippen LogP contribution in [0, 0.1) is 0 Å². The topological polar surface area (TPSA) is 24.4 Å². The molecule has 0 aromatic rings. The molecule has 2 nitrogen and oxygen atoms in total. The number of aliphatic imine (C=N–C) groups is 1. The van der Waals surface area contributed by atoms with Crippen molar-refractivity contribution in [3.8, 4) is 0 Å². The Hall–Kier alpha value is 0.170. The molecule has 3 unspecified atom stereocenters. The van der Waals surface area contributed by atoms with Crippen LogP contribution in [0.2, 0.25) is 0 Å². The molecule has 0 spiro atoms. The monoisotopic (exact) mass is 272 g/mol. The third-order valence-corrected chi connectivity index (χ3v) is 5.98. The van der Waals surface area contributed by atoms with Crippen LogP contribution in [0.1, 0.15) is 46.0 Å². The molecule has 0 amide bonds. The van der Waals surface area contributed by atoms with Gasteiger partial charge < -0.3 is 5.32 Å². The Balaban J connectivity index is 1.77. The number of hydrogen-bond donors (Lipinski definition) is 1. The number of nitrogens with zero attached hydrogens (tertiary/aromatic N) is 1. The molecule has 3 atom stereocenters. The molecule has 1 fully saturated rings. The van der Waals surface area contributed by atoms with Gasteiger partial charge in [-0.2, -0.15) is 11.8 Å². The van der Waals surface area contributed by atoms with Crippen LogP contribution in [0.3, 0.4) is 0 Å². The fourth-order valence-electron chi connectivity index (χ4n) is 2.63. The maximum Gasteiger partial charge on any atom is 0.157 e. The summed E-state index contributed by atoms with van der Waals surface area (Å²) in [7, 11) is 0. The highest BCUT2D eigenvalue weighted by atomic mass is 32.2. The average Bonchev–Trinajstić information content (AvgIpc) is 2.91. The van der Waals surface area contributed by atoms with Crippen molar-refractivity contribution in [2.24, 2.45) is 4.99 Å². The van der Waals surface area contributed by atoms with Gasteiger partial charge in [-0.15, -0.1) is 0 Å². The van der Waals surface area contributed by atoms with Gasteiger partial charge in [-0.3, -0.25) is 4.99 Å². The molecule has 1 aliphatic carbocycles. The smallest absolute Gasteiger partial charge is 0.157 e. The molecule has 1 saturated carbocycles. The van der Waals surface area contributed by atoms with Gasteiger partial charge in [0.2, 0.25) is 0 Å². The van der Waals surface area contributed by atoms with Crippen molar-refractivity contribution >= 4 is 28.7 Å². The van der Waals surface area contributed by atoms with E-state index in [0.29, 0.717) is 6.04 Å². The standard InChI is InChI=1S/C13H24N2S2/c1-3-6-10-9-14-13(17-10)15-11-7-5-8-12(11)16-4-2/h10-12H,3-9H2,1-2H3,(H,14,15). The highest BCUT2D eigenvalue weighted by molar-refractivity contribution is 8.14. The first-order chi connectivity index (χ1) is 8.33. The Morgan fingerprint density at radius 2 is 2.29 bits per heavy atom. The molecule has 17 heavy (non-hydrogen) atoms. The van der Waals surface area contributed by atoms with Gasteiger partial charge in [-0.1, -0.05) is 38.5 Å². The maximum atomic E-state index is 4.65. The minimum atomic E-state index is 0.673. The Bertz CT molecular complexity index is 268. The summed E-state index contributed by atoms with van der Waals surface area (Å²) in [4.78, 5) is 4.65. The number of thioether (sulfide) groups is 2. The van der Waals surface area contributed by atoms with Crippen LogP contribution in [0.15, 0.2) is 4.99 Å². The minimum Gasteiger partial charge on any atom is -0.361 e. The third-order valence-electron chi connectivity index (χ3n) is 3.47. The third kappa shape index (κ3) is 3.82. The van der Waals surface area contributed by atoms with Gasteiger partial charge in [0.25, 0.3) is 0 Å². The molecule has 1 heterocycles. The van der Waals surface area contributed by atoms with Crippen LogP contribution in [-0.2, 0) is 0 Å². The highest BCUT2D eigenvalue weighted by Gasteiger charge is 2.29. The number of amidine groups is 1. The molecule has 0 aromatic heterocycles. The summed E-state index contributed by atoms with van der Waals surface area (Å²) < 4.78 is 0. The summed E-state index contributed by atoms with van der Waals surface area (Å²) in [5.41, 5.74) is 0. The Morgan fingerprint density at radius 3 is 3.06 bits per heavy atom. The molecule has 98 valence electrons. The SMILES string of the molecule is CCCC1CN=C(NC2CCCC2SCC)S1. The van der Waals surface area contributed by atoms with Crippen molar-refractivity contribution in [3.63, 3.8) is 0 Å². The van der Waals surface area contributed by atoms with Crippen LogP contribution in [0.25, 0.3) is 0 Å². The van der Waals surface area contributed by atoms with E-state index in [1.807, 2.05) is 11.8 Å². The molecule has 1 aliphatic heterocycles. The van der Waals surface area contributed by atoms with E-state index in [9.17, 15) is 0 Å². The van der Waals surface area contributed by atoms with Crippen molar-refractivity contribution in [1.82, 2.24) is 5.32 Å². The van der Waals surface area contributed by atoms with E-state index >= 15 is 0 Å². The molecule has 2 aliphatic rings. The zero-order valence-corrected chi connectivity index (χ0v) is 12.6. The summed E-state index contributed by atoms with van der Waals surface area (Å²) in [5.74, 6) is 1.24. The maximum absolute atomic E-state index is 4.65. The zero-order chi connectivity index (χ0) is 12.1. The van der Waals surface area contributed by atoms with E-state index in [1.165, 1.54) is 43.0 Å². The summed E-state index contributed by atoms with van der Waals surface area (Å²) in [6, 6.07) is 0.673. The molecule has 0 bridgehead atoms. The van der Waals surface area contributed by atoms with Crippen LogP contribution in [0.4, 0.5) is 0 Å². The van der Waals surface area contributed by atoms with Crippen molar-refractivity contribution in [2.75, 3.05) is 12.3 Å². The first kappa shape index (κ1) is 13.6. The lowest BCUT2D eigenvalue weighted by atomic mass is 10.2. The van der Waals surface area contributed by atoms with Gasteiger partial charge in [0.05, 0.1) is 6.54 Å². The van der Waals surface area contributed by atoms with E-state index in [-0.39, 0.29) is 0 Å². The quantitative estimate of drug-likeness (QED) is 0.828. The van der Waals surface area contributed by atoms with Crippen molar-refractivity contribution in [3.05, 3.63) is 0 Å². The van der Waals surface area contributed by atoms with E-state index in [0.717, 1.165) is 17.0 Å². The Kier molecular flexibility index (Phi) is 5.54. The van der Waals surface area contributed by atoms with E-state index < -0.39 is 0 Å². The predicted octanol–water partition coefficient (Wildman–Crippen LogP) is 3.52. The van der Waals surface area contributed by atoms with Gasteiger partial charge in [0, 0.05) is 16.5 Å². The average molecular weight is 272 g/mol. The predicted molar refractivity (Wildman–Crippen MR) is 81.3 cm³/mol. The van der Waals surface area contributed by atoms with Crippen LogP contribution in [-0.4, -0.2) is 34.0 Å². The molecular formula is C13H24N2S2. The second kappa shape index (κ2) is 6.93. The van der Waals surface area contributed by atoms with E-state index in [2.05, 4.69) is 35.9 Å². The normalized spacial score (nSPS) is 32.8. The molecule has 0 saturated heterocycles. The van der Waals surface area contributed by atoms with Gasteiger partial charge in [0.15, 0.2) is 5.17 Å². The first-order valence-electron chi connectivity index (χ1n) is 6.92. The van der Waals surface area contributed by atoms with Gasteiger partial charge in [-0.25, -0.2) is 0 Å². The number of hydrogen-bond acceptors (Lipinski definition) is 4. The second-order valence-electron chi connectivity index (χ2n) is 4.85.